The molecule has 3 rings (SSSR count). The zero-order chi connectivity index (χ0) is 21.3. The highest BCUT2D eigenvalue weighted by Crippen LogP contribution is 2.33. The second-order valence-electron chi connectivity index (χ2n) is 6.80. The summed E-state index contributed by atoms with van der Waals surface area (Å²) in [5, 5.41) is 5.47. The molecule has 0 aliphatic carbocycles. The molecule has 0 atom stereocenters. The molecule has 1 aliphatic rings. The number of para-hydroxylation sites is 1. The normalized spacial score (nSPS) is 14.1. The van der Waals surface area contributed by atoms with Crippen molar-refractivity contribution in [2.45, 2.75) is 35.6 Å². The standard InChI is InChI=1S/C22H25N3O4S/c1-2-29-22(28)25-14-12-16(13-15-25)23-20(26)21(27)24-18-10-6-7-11-19(18)30-17-8-4-3-5-9-17/h3-11,16H,2,12-15H2,1H3,(H,23,26)(H,24,27). The van der Waals surface area contributed by atoms with Gasteiger partial charge in [-0.15, -0.1) is 0 Å². The van der Waals surface area contributed by atoms with Gasteiger partial charge in [0.15, 0.2) is 0 Å². The lowest BCUT2D eigenvalue weighted by molar-refractivity contribution is -0.136. The third-order valence-corrected chi connectivity index (χ3v) is 5.75. The van der Waals surface area contributed by atoms with Crippen LogP contribution in [0.25, 0.3) is 0 Å². The van der Waals surface area contributed by atoms with E-state index < -0.39 is 11.8 Å². The highest BCUT2D eigenvalue weighted by atomic mass is 32.2. The summed E-state index contributed by atoms with van der Waals surface area (Å²) in [5.74, 6) is -1.38. The molecule has 3 amide bonds. The molecule has 1 aliphatic heterocycles. The number of nitrogens with one attached hydrogen (secondary N) is 2. The fourth-order valence-corrected chi connectivity index (χ4v) is 4.05. The lowest BCUT2D eigenvalue weighted by Crippen LogP contribution is -2.49. The Balaban J connectivity index is 1.53. The quantitative estimate of drug-likeness (QED) is 0.713. The molecular weight excluding hydrogens is 402 g/mol. The van der Waals surface area contributed by atoms with Crippen molar-refractivity contribution in [3.63, 3.8) is 0 Å². The Kier molecular flexibility index (Phi) is 7.73. The van der Waals surface area contributed by atoms with Gasteiger partial charge in [-0.25, -0.2) is 4.79 Å². The predicted molar refractivity (Wildman–Crippen MR) is 115 cm³/mol. The summed E-state index contributed by atoms with van der Waals surface area (Å²) >= 11 is 1.51. The van der Waals surface area contributed by atoms with Crippen molar-refractivity contribution in [2.24, 2.45) is 0 Å². The minimum atomic E-state index is -0.705. The van der Waals surface area contributed by atoms with Crippen LogP contribution in [0.4, 0.5) is 10.5 Å². The van der Waals surface area contributed by atoms with Crippen LogP contribution in [0.15, 0.2) is 64.4 Å². The van der Waals surface area contributed by atoms with Gasteiger partial charge in [-0.2, -0.15) is 0 Å². The van der Waals surface area contributed by atoms with Gasteiger partial charge in [0, 0.05) is 28.9 Å². The monoisotopic (exact) mass is 427 g/mol. The van der Waals surface area contributed by atoms with E-state index in [0.29, 0.717) is 38.2 Å². The average Bonchev–Trinajstić information content (AvgIpc) is 2.76. The van der Waals surface area contributed by atoms with Crippen LogP contribution in [0.1, 0.15) is 19.8 Å². The number of hydrogen-bond acceptors (Lipinski definition) is 5. The van der Waals surface area contributed by atoms with Crippen LogP contribution in [-0.2, 0) is 14.3 Å². The maximum atomic E-state index is 12.4. The summed E-state index contributed by atoms with van der Waals surface area (Å²) in [5.41, 5.74) is 0.587. The zero-order valence-corrected chi connectivity index (χ0v) is 17.6. The van der Waals surface area contributed by atoms with E-state index in [2.05, 4.69) is 10.6 Å². The van der Waals surface area contributed by atoms with E-state index >= 15 is 0 Å². The molecule has 0 radical (unpaired) electrons. The zero-order valence-electron chi connectivity index (χ0n) is 16.8. The summed E-state index contributed by atoms with van der Waals surface area (Å²) in [6.07, 6.45) is 0.823. The summed E-state index contributed by atoms with van der Waals surface area (Å²) in [6, 6.07) is 17.0. The molecule has 1 saturated heterocycles. The highest BCUT2D eigenvalue weighted by Gasteiger charge is 2.26. The predicted octanol–water partition coefficient (Wildman–Crippen LogP) is 3.51. The van der Waals surface area contributed by atoms with Gasteiger partial charge < -0.3 is 20.3 Å². The number of nitrogens with zero attached hydrogens (tertiary/aromatic N) is 1. The summed E-state index contributed by atoms with van der Waals surface area (Å²) < 4.78 is 4.99. The molecule has 158 valence electrons. The Bertz CT molecular complexity index is 883. The van der Waals surface area contributed by atoms with Crippen molar-refractivity contribution in [2.75, 3.05) is 25.0 Å². The van der Waals surface area contributed by atoms with E-state index in [9.17, 15) is 14.4 Å². The number of likely N-dealkylation sites (tertiary alicyclic amines) is 1. The van der Waals surface area contributed by atoms with Crippen molar-refractivity contribution >= 4 is 35.4 Å². The van der Waals surface area contributed by atoms with Crippen LogP contribution in [0, 0.1) is 0 Å². The van der Waals surface area contributed by atoms with E-state index in [1.54, 1.807) is 17.9 Å². The fourth-order valence-electron chi connectivity index (χ4n) is 3.13. The summed E-state index contributed by atoms with van der Waals surface area (Å²) in [6.45, 7) is 3.07. The third kappa shape index (κ3) is 6.00. The number of benzene rings is 2. The Labute approximate surface area is 180 Å². The second-order valence-corrected chi connectivity index (χ2v) is 7.91. The van der Waals surface area contributed by atoms with Crippen LogP contribution in [0.5, 0.6) is 0 Å². The average molecular weight is 428 g/mol. The molecule has 0 aromatic heterocycles. The van der Waals surface area contributed by atoms with Crippen LogP contribution < -0.4 is 10.6 Å². The summed E-state index contributed by atoms with van der Waals surface area (Å²) in [4.78, 5) is 40.1. The van der Waals surface area contributed by atoms with Crippen LogP contribution in [0.3, 0.4) is 0 Å². The van der Waals surface area contributed by atoms with Crippen molar-refractivity contribution in [3.8, 4) is 0 Å². The molecule has 8 heteroatoms. The Morgan fingerprint density at radius 1 is 1.00 bits per heavy atom. The SMILES string of the molecule is CCOC(=O)N1CCC(NC(=O)C(=O)Nc2ccccc2Sc2ccccc2)CC1. The summed E-state index contributed by atoms with van der Waals surface area (Å²) in [7, 11) is 0. The molecule has 0 spiro atoms. The molecule has 30 heavy (non-hydrogen) atoms. The van der Waals surface area contributed by atoms with Crippen molar-refractivity contribution in [3.05, 3.63) is 54.6 Å². The highest BCUT2D eigenvalue weighted by molar-refractivity contribution is 7.99. The Morgan fingerprint density at radius 3 is 2.37 bits per heavy atom. The number of ether oxygens (including phenoxy) is 1. The molecule has 0 unspecified atom stereocenters. The first kappa shape index (κ1) is 21.7. The van der Waals surface area contributed by atoms with Gasteiger partial charge in [-0.05, 0) is 44.0 Å². The van der Waals surface area contributed by atoms with Gasteiger partial charge in [0.1, 0.15) is 0 Å². The van der Waals surface area contributed by atoms with Gasteiger partial charge in [-0.3, -0.25) is 9.59 Å². The maximum Gasteiger partial charge on any atom is 0.409 e. The molecule has 7 nitrogen and oxygen atoms in total. The number of hydrogen-bond donors (Lipinski definition) is 2. The molecule has 2 aromatic rings. The molecule has 1 fully saturated rings. The van der Waals surface area contributed by atoms with Gasteiger partial charge in [-0.1, -0.05) is 42.1 Å². The maximum absolute atomic E-state index is 12.4. The van der Waals surface area contributed by atoms with E-state index in [-0.39, 0.29) is 12.1 Å². The van der Waals surface area contributed by atoms with Crippen LogP contribution >= 0.6 is 11.8 Å². The van der Waals surface area contributed by atoms with E-state index in [0.717, 1.165) is 9.79 Å². The molecule has 0 saturated carbocycles. The smallest absolute Gasteiger partial charge is 0.409 e. The number of carbonyl (C=O) groups is 3. The number of carbonyl (C=O) groups excluding carboxylic acids is 3. The second kappa shape index (κ2) is 10.7. The van der Waals surface area contributed by atoms with Crippen molar-refractivity contribution in [1.29, 1.82) is 0 Å². The number of piperidine rings is 1. The van der Waals surface area contributed by atoms with Crippen molar-refractivity contribution < 1.29 is 19.1 Å². The van der Waals surface area contributed by atoms with Gasteiger partial charge in [0.2, 0.25) is 0 Å². The number of anilines is 1. The fraction of sp³-hybridized carbons (Fsp3) is 0.318. The Hall–Kier alpha value is -3.00. The number of amides is 3. The number of rotatable bonds is 5. The lowest BCUT2D eigenvalue weighted by atomic mass is 10.1. The van der Waals surface area contributed by atoms with E-state index in [1.807, 2.05) is 48.5 Å². The van der Waals surface area contributed by atoms with Crippen LogP contribution in [0.2, 0.25) is 0 Å². The topological polar surface area (TPSA) is 87.7 Å². The minimum Gasteiger partial charge on any atom is -0.450 e. The first-order valence-electron chi connectivity index (χ1n) is 9.92. The van der Waals surface area contributed by atoms with Gasteiger partial charge in [0.25, 0.3) is 0 Å². The molecule has 0 bridgehead atoms. The lowest BCUT2D eigenvalue weighted by Gasteiger charge is -2.31. The third-order valence-electron chi connectivity index (χ3n) is 4.67. The van der Waals surface area contributed by atoms with Gasteiger partial charge >= 0.3 is 17.9 Å². The van der Waals surface area contributed by atoms with E-state index in [4.69, 9.17) is 4.74 Å². The minimum absolute atomic E-state index is 0.150. The van der Waals surface area contributed by atoms with Crippen LogP contribution in [-0.4, -0.2) is 48.5 Å². The molecule has 1 heterocycles. The largest absolute Gasteiger partial charge is 0.450 e. The van der Waals surface area contributed by atoms with E-state index in [1.165, 1.54) is 11.8 Å². The molecular formula is C22H25N3O4S. The molecule has 2 aromatic carbocycles. The van der Waals surface area contributed by atoms with Crippen molar-refractivity contribution in [1.82, 2.24) is 10.2 Å². The first-order valence-corrected chi connectivity index (χ1v) is 10.7. The first-order chi connectivity index (χ1) is 14.6. The Morgan fingerprint density at radius 2 is 1.67 bits per heavy atom. The van der Waals surface area contributed by atoms with Gasteiger partial charge in [0.05, 0.1) is 12.3 Å². The molecule has 2 N–H and O–H groups in total.